The van der Waals surface area contributed by atoms with Gasteiger partial charge in [0.05, 0.1) is 37.6 Å². The number of ether oxygens (including phenoxy) is 3. The number of carbonyl (C=O) groups is 2. The minimum absolute atomic E-state index is 0.223. The number of carbonyl (C=O) groups excluding carboxylic acids is 2. The summed E-state index contributed by atoms with van der Waals surface area (Å²) in [5, 5.41) is 10.3. The van der Waals surface area contributed by atoms with Crippen molar-refractivity contribution in [2.75, 3.05) is 33.9 Å². The van der Waals surface area contributed by atoms with Crippen LogP contribution in [0.4, 0.5) is 4.79 Å². The summed E-state index contributed by atoms with van der Waals surface area (Å²) in [5.74, 6) is 0.197. The summed E-state index contributed by atoms with van der Waals surface area (Å²) in [5.41, 5.74) is 4.52. The molecule has 0 radical (unpaired) electrons. The van der Waals surface area contributed by atoms with E-state index >= 15 is 0 Å². The van der Waals surface area contributed by atoms with Gasteiger partial charge in [0.25, 0.3) is 0 Å². The molecule has 3 rings (SSSR count). The zero-order valence-corrected chi connectivity index (χ0v) is 22.0. The van der Waals surface area contributed by atoms with E-state index in [-0.39, 0.29) is 12.6 Å². The SMILES string of the molecule is CCOC(=O)C1=C(CN(CC)Cc2cn(CC)nc2C)NC(=O)N[C@@H]1c1ccc(OC)c(COC)c1. The molecule has 1 aliphatic rings. The summed E-state index contributed by atoms with van der Waals surface area (Å²) in [6, 6.07) is 4.48. The van der Waals surface area contributed by atoms with E-state index in [1.54, 1.807) is 21.1 Å². The Bertz CT molecular complexity index is 1110. The Morgan fingerprint density at radius 1 is 1.17 bits per heavy atom. The molecule has 0 fully saturated rings. The Balaban J connectivity index is 2.01. The Hall–Kier alpha value is -3.37. The highest BCUT2D eigenvalue weighted by atomic mass is 16.5. The lowest BCUT2D eigenvalue weighted by atomic mass is 9.93. The van der Waals surface area contributed by atoms with E-state index in [1.807, 2.05) is 49.8 Å². The number of urea groups is 1. The van der Waals surface area contributed by atoms with Crippen LogP contribution in [0.5, 0.6) is 5.75 Å². The van der Waals surface area contributed by atoms with Gasteiger partial charge in [-0.3, -0.25) is 9.58 Å². The molecular formula is C26H37N5O5. The zero-order chi connectivity index (χ0) is 26.2. The Labute approximate surface area is 212 Å². The Kier molecular flexibility index (Phi) is 9.49. The van der Waals surface area contributed by atoms with E-state index in [9.17, 15) is 9.59 Å². The van der Waals surface area contributed by atoms with Gasteiger partial charge in [0.1, 0.15) is 5.75 Å². The van der Waals surface area contributed by atoms with Crippen LogP contribution in [0.3, 0.4) is 0 Å². The summed E-state index contributed by atoms with van der Waals surface area (Å²) in [6.45, 7) is 10.9. The molecule has 0 aliphatic carbocycles. The van der Waals surface area contributed by atoms with Crippen LogP contribution in [0.2, 0.25) is 0 Å². The molecule has 0 spiro atoms. The standard InChI is InChI=1S/C26H37N5O5/c1-7-30(13-20-14-31(8-2)29-17(20)4)15-21-23(25(32)36-9-3)24(28-26(33)27-21)18-10-11-22(35-6)19(12-18)16-34-5/h10-12,14,24H,7-9,13,15-16H2,1-6H3,(H2,27,28,33)/t24-/m1/s1. The van der Waals surface area contributed by atoms with Crippen molar-refractivity contribution < 1.29 is 23.8 Å². The largest absolute Gasteiger partial charge is 0.496 e. The van der Waals surface area contributed by atoms with Gasteiger partial charge in [-0.25, -0.2) is 9.59 Å². The molecule has 10 nitrogen and oxygen atoms in total. The number of nitrogens with one attached hydrogen (secondary N) is 2. The van der Waals surface area contributed by atoms with Crippen LogP contribution >= 0.6 is 0 Å². The molecule has 1 aliphatic heterocycles. The lowest BCUT2D eigenvalue weighted by molar-refractivity contribution is -0.139. The third kappa shape index (κ3) is 6.24. The van der Waals surface area contributed by atoms with E-state index in [4.69, 9.17) is 14.2 Å². The summed E-state index contributed by atoms with van der Waals surface area (Å²) in [7, 11) is 3.19. The monoisotopic (exact) mass is 499 g/mol. The van der Waals surface area contributed by atoms with Crippen molar-refractivity contribution in [1.29, 1.82) is 0 Å². The first-order valence-corrected chi connectivity index (χ1v) is 12.2. The van der Waals surface area contributed by atoms with Crippen molar-refractivity contribution in [3.8, 4) is 5.75 Å². The summed E-state index contributed by atoms with van der Waals surface area (Å²) in [4.78, 5) is 28.1. The zero-order valence-electron chi connectivity index (χ0n) is 22.0. The fourth-order valence-corrected chi connectivity index (χ4v) is 4.31. The van der Waals surface area contributed by atoms with E-state index in [0.717, 1.165) is 28.9 Å². The van der Waals surface area contributed by atoms with Crippen LogP contribution in [-0.2, 0) is 34.0 Å². The van der Waals surface area contributed by atoms with Crippen LogP contribution in [0.15, 0.2) is 35.7 Å². The number of hydrogen-bond acceptors (Lipinski definition) is 7. The first kappa shape index (κ1) is 27.2. The van der Waals surface area contributed by atoms with E-state index in [2.05, 4.69) is 20.6 Å². The Morgan fingerprint density at radius 2 is 1.94 bits per heavy atom. The van der Waals surface area contributed by atoms with Crippen LogP contribution in [0, 0.1) is 6.92 Å². The average molecular weight is 500 g/mol. The summed E-state index contributed by atoms with van der Waals surface area (Å²) >= 11 is 0. The number of benzene rings is 1. The first-order chi connectivity index (χ1) is 17.3. The molecule has 36 heavy (non-hydrogen) atoms. The van der Waals surface area contributed by atoms with Gasteiger partial charge < -0.3 is 24.8 Å². The number of aryl methyl sites for hydroxylation is 2. The topological polar surface area (TPSA) is 107 Å². The highest BCUT2D eigenvalue weighted by Gasteiger charge is 2.34. The van der Waals surface area contributed by atoms with Gasteiger partial charge in [-0.2, -0.15) is 5.10 Å². The number of nitrogens with zero attached hydrogens (tertiary/aromatic N) is 3. The summed E-state index contributed by atoms with van der Waals surface area (Å²) < 4.78 is 18.1. The van der Waals surface area contributed by atoms with Crippen LogP contribution < -0.4 is 15.4 Å². The predicted octanol–water partition coefficient (Wildman–Crippen LogP) is 3.06. The smallest absolute Gasteiger partial charge is 0.338 e. The number of methoxy groups -OCH3 is 2. The fourth-order valence-electron chi connectivity index (χ4n) is 4.31. The van der Waals surface area contributed by atoms with Crippen LogP contribution in [0.25, 0.3) is 0 Å². The van der Waals surface area contributed by atoms with Crippen molar-refractivity contribution >= 4 is 12.0 Å². The third-order valence-electron chi connectivity index (χ3n) is 6.18. The first-order valence-electron chi connectivity index (χ1n) is 12.2. The molecule has 1 aromatic carbocycles. The highest BCUT2D eigenvalue weighted by molar-refractivity contribution is 5.95. The molecule has 2 heterocycles. The van der Waals surface area contributed by atoms with Crippen molar-refractivity contribution in [1.82, 2.24) is 25.3 Å². The predicted molar refractivity (Wildman–Crippen MR) is 135 cm³/mol. The molecular weight excluding hydrogens is 462 g/mol. The lowest BCUT2D eigenvalue weighted by Gasteiger charge is -2.32. The number of hydrogen-bond donors (Lipinski definition) is 2. The van der Waals surface area contributed by atoms with Gasteiger partial charge in [0.15, 0.2) is 0 Å². The van der Waals surface area contributed by atoms with Crippen molar-refractivity contribution in [3.63, 3.8) is 0 Å². The van der Waals surface area contributed by atoms with Crippen molar-refractivity contribution in [3.05, 3.63) is 58.1 Å². The average Bonchev–Trinajstić information content (AvgIpc) is 3.22. The molecule has 10 heteroatoms. The second-order valence-corrected chi connectivity index (χ2v) is 8.55. The third-order valence-corrected chi connectivity index (χ3v) is 6.18. The number of rotatable bonds is 12. The van der Waals surface area contributed by atoms with Crippen molar-refractivity contribution in [2.24, 2.45) is 0 Å². The van der Waals surface area contributed by atoms with Gasteiger partial charge in [0.2, 0.25) is 0 Å². The number of aromatic nitrogens is 2. The number of likely N-dealkylation sites (N-methyl/N-ethyl adjacent to an activating group) is 1. The van der Waals surface area contributed by atoms with Gasteiger partial charge in [0, 0.05) is 49.8 Å². The van der Waals surface area contributed by atoms with Crippen LogP contribution in [0.1, 0.15) is 49.2 Å². The molecule has 2 N–H and O–H groups in total. The van der Waals surface area contributed by atoms with E-state index in [0.29, 0.717) is 43.3 Å². The minimum atomic E-state index is -0.683. The minimum Gasteiger partial charge on any atom is -0.496 e. The maximum Gasteiger partial charge on any atom is 0.338 e. The molecule has 1 aromatic heterocycles. The fraction of sp³-hybridized carbons (Fsp3) is 0.500. The Morgan fingerprint density at radius 3 is 2.56 bits per heavy atom. The molecule has 2 amide bonds. The molecule has 0 saturated carbocycles. The lowest BCUT2D eigenvalue weighted by Crippen LogP contribution is -2.48. The summed E-state index contributed by atoms with van der Waals surface area (Å²) in [6.07, 6.45) is 2.04. The van der Waals surface area contributed by atoms with Gasteiger partial charge >= 0.3 is 12.0 Å². The number of esters is 1. The number of amides is 2. The molecule has 2 aromatic rings. The van der Waals surface area contributed by atoms with Gasteiger partial charge in [-0.1, -0.05) is 13.0 Å². The second-order valence-electron chi connectivity index (χ2n) is 8.55. The van der Waals surface area contributed by atoms with Gasteiger partial charge in [-0.05, 0) is 45.0 Å². The maximum atomic E-state index is 13.2. The quantitative estimate of drug-likeness (QED) is 0.432. The normalized spacial score (nSPS) is 15.6. The van der Waals surface area contributed by atoms with Crippen LogP contribution in [-0.4, -0.2) is 60.6 Å². The molecule has 0 unspecified atom stereocenters. The van der Waals surface area contributed by atoms with E-state index in [1.165, 1.54) is 0 Å². The molecule has 0 bridgehead atoms. The molecule has 196 valence electrons. The molecule has 0 saturated heterocycles. The molecule has 1 atom stereocenters. The second kappa shape index (κ2) is 12.5. The van der Waals surface area contributed by atoms with Crippen molar-refractivity contribution in [2.45, 2.75) is 53.4 Å². The van der Waals surface area contributed by atoms with E-state index < -0.39 is 12.0 Å². The van der Waals surface area contributed by atoms with Gasteiger partial charge in [-0.15, -0.1) is 0 Å². The maximum absolute atomic E-state index is 13.2. The highest BCUT2D eigenvalue weighted by Crippen LogP contribution is 2.32.